The molecule has 104 valence electrons. The summed E-state index contributed by atoms with van der Waals surface area (Å²) in [5.41, 5.74) is -1.25. The molecule has 0 aliphatic rings. The van der Waals surface area contributed by atoms with Gasteiger partial charge in [0.1, 0.15) is 5.78 Å². The molecule has 0 aromatic rings. The second-order valence-electron chi connectivity index (χ2n) is 4.00. The zero-order valence-electron chi connectivity index (χ0n) is 12.1. The fourth-order valence-electron chi connectivity index (χ4n) is 1.47. The quantitative estimate of drug-likeness (QED) is 0.296. The molecule has 6 heteroatoms. The molecule has 5 nitrogen and oxygen atoms in total. The van der Waals surface area contributed by atoms with Gasteiger partial charge in [-0.1, -0.05) is 20.8 Å². The Morgan fingerprint density at radius 1 is 1.00 bits per heavy atom. The van der Waals surface area contributed by atoms with Crippen LogP contribution in [0.3, 0.4) is 0 Å². The minimum Gasteiger partial charge on any atom is -0.876 e. The van der Waals surface area contributed by atoms with Crippen LogP contribution in [0.1, 0.15) is 47.5 Å². The predicted molar refractivity (Wildman–Crippen MR) is 68.9 cm³/mol. The number of carboxylic acids is 1. The minimum absolute atomic E-state index is 0. The molecule has 0 aromatic carbocycles. The summed E-state index contributed by atoms with van der Waals surface area (Å²) in [6.45, 7) is 7.35. The number of hydrogen-bond donors (Lipinski definition) is 0. The van der Waals surface area contributed by atoms with Crippen molar-refractivity contribution in [2.24, 2.45) is 5.41 Å². The molecule has 0 bridgehead atoms. The molecule has 0 N–H and O–H groups in total. The summed E-state index contributed by atoms with van der Waals surface area (Å²) < 4.78 is 0. The number of allylic oxidation sites excluding steroid dienone is 2. The molecule has 0 heterocycles. The molecule has 0 rings (SSSR count). The van der Waals surface area contributed by atoms with Gasteiger partial charge in [-0.3, -0.25) is 9.59 Å². The number of hydrogen-bond acceptors (Lipinski definition) is 5. The summed E-state index contributed by atoms with van der Waals surface area (Å²) in [4.78, 5) is 31.5. The maximum atomic E-state index is 10.9. The van der Waals surface area contributed by atoms with Crippen LogP contribution in [0.15, 0.2) is 11.8 Å². The van der Waals surface area contributed by atoms with E-state index in [1.807, 2.05) is 0 Å². The van der Waals surface area contributed by atoms with Gasteiger partial charge in [0.15, 0.2) is 5.78 Å². The summed E-state index contributed by atoms with van der Waals surface area (Å²) in [5, 5.41) is 20.6. The van der Waals surface area contributed by atoms with Crippen LogP contribution in [-0.2, 0) is 14.4 Å². The van der Waals surface area contributed by atoms with Gasteiger partial charge in [-0.05, 0) is 32.8 Å². The van der Waals surface area contributed by atoms with Crippen molar-refractivity contribution in [3.63, 3.8) is 0 Å². The summed E-state index contributed by atoms with van der Waals surface area (Å²) >= 11 is 0. The summed E-state index contributed by atoms with van der Waals surface area (Å²) in [5.74, 6) is -1.95. The Morgan fingerprint density at radius 2 is 1.37 bits per heavy atom. The number of carbonyl (C=O) groups excluding carboxylic acids is 3. The standard InChI is InChI=1S/C8H14O3.C5H8O2.Al/c1-4-8(5-2,6(3)9)7(10)11;1-4(6)3-5(2)7;/h4-5H2,1-3H3,(H,10,11);3,6H,1-2H3;/q;;+3/p-2/b;4-3-;. The Labute approximate surface area is 124 Å². The van der Waals surface area contributed by atoms with E-state index in [9.17, 15) is 24.6 Å². The first-order valence-electron chi connectivity index (χ1n) is 5.72. The molecule has 0 aromatic heterocycles. The van der Waals surface area contributed by atoms with E-state index in [2.05, 4.69) is 0 Å². The molecule has 19 heavy (non-hydrogen) atoms. The van der Waals surface area contributed by atoms with Crippen LogP contribution in [0, 0.1) is 5.41 Å². The average molecular weight is 283 g/mol. The largest absolute Gasteiger partial charge is 3.00 e. The van der Waals surface area contributed by atoms with Gasteiger partial charge in [0.05, 0.1) is 11.4 Å². The molecular formula is C13H20AlO5+. The van der Waals surface area contributed by atoms with Gasteiger partial charge >= 0.3 is 17.4 Å². The normalized spacial score (nSPS) is 10.7. The molecule has 0 fully saturated rings. The van der Waals surface area contributed by atoms with Gasteiger partial charge in [0.2, 0.25) is 0 Å². The van der Waals surface area contributed by atoms with E-state index in [4.69, 9.17) is 0 Å². The van der Waals surface area contributed by atoms with E-state index in [-0.39, 0.29) is 34.7 Å². The van der Waals surface area contributed by atoms with Crippen molar-refractivity contribution in [3.05, 3.63) is 11.8 Å². The van der Waals surface area contributed by atoms with E-state index in [1.165, 1.54) is 20.8 Å². The summed E-state index contributed by atoms with van der Waals surface area (Å²) in [7, 11) is 0. The van der Waals surface area contributed by atoms with Crippen molar-refractivity contribution < 1.29 is 24.6 Å². The van der Waals surface area contributed by atoms with Gasteiger partial charge in [0.25, 0.3) is 0 Å². The fourth-order valence-corrected chi connectivity index (χ4v) is 1.47. The Bertz CT molecular complexity index is 323. The third kappa shape index (κ3) is 8.57. The van der Waals surface area contributed by atoms with Gasteiger partial charge in [0, 0.05) is 0 Å². The number of aliphatic carboxylic acids is 1. The number of Topliss-reactive ketones (excluding diaryl/α,β-unsaturated/α-hetero) is 1. The van der Waals surface area contributed by atoms with Gasteiger partial charge < -0.3 is 15.0 Å². The first-order chi connectivity index (χ1) is 8.13. The summed E-state index contributed by atoms with van der Waals surface area (Å²) in [6, 6.07) is 0. The smallest absolute Gasteiger partial charge is 0.876 e. The van der Waals surface area contributed by atoms with Crippen LogP contribution in [0.5, 0.6) is 0 Å². The Kier molecular flexibility index (Phi) is 13.0. The molecule has 0 atom stereocenters. The Morgan fingerprint density at radius 3 is 1.37 bits per heavy atom. The molecule has 0 aliphatic carbocycles. The zero-order chi connectivity index (χ0) is 14.9. The van der Waals surface area contributed by atoms with E-state index in [0.29, 0.717) is 12.8 Å². The molecule has 0 unspecified atom stereocenters. The number of ketones is 2. The van der Waals surface area contributed by atoms with Crippen LogP contribution < -0.4 is 10.2 Å². The van der Waals surface area contributed by atoms with Gasteiger partial charge in [-0.25, -0.2) is 0 Å². The zero-order valence-corrected chi connectivity index (χ0v) is 13.3. The molecule has 0 amide bonds. The van der Waals surface area contributed by atoms with E-state index in [1.54, 1.807) is 13.8 Å². The van der Waals surface area contributed by atoms with Crippen molar-refractivity contribution in [1.82, 2.24) is 0 Å². The third-order valence-electron chi connectivity index (χ3n) is 2.68. The van der Waals surface area contributed by atoms with Crippen molar-refractivity contribution in [3.8, 4) is 0 Å². The molecule has 0 spiro atoms. The van der Waals surface area contributed by atoms with Gasteiger partial charge in [-0.15, -0.1) is 5.76 Å². The van der Waals surface area contributed by atoms with Crippen molar-refractivity contribution in [1.29, 1.82) is 0 Å². The second-order valence-corrected chi connectivity index (χ2v) is 4.00. The Hall–Kier alpha value is -1.12. The maximum Gasteiger partial charge on any atom is 3.00 e. The third-order valence-corrected chi connectivity index (χ3v) is 2.68. The first kappa shape index (κ1) is 23.0. The van der Waals surface area contributed by atoms with Crippen LogP contribution in [0.2, 0.25) is 0 Å². The van der Waals surface area contributed by atoms with Crippen LogP contribution >= 0.6 is 0 Å². The number of carboxylic acid groups (broad SMARTS) is 1. The molecule has 0 aliphatic heterocycles. The summed E-state index contributed by atoms with van der Waals surface area (Å²) in [6.07, 6.45) is 1.67. The topological polar surface area (TPSA) is 97.3 Å². The van der Waals surface area contributed by atoms with E-state index in [0.717, 1.165) is 6.08 Å². The SMILES string of the molecule is CC(=O)/C=C(/C)[O-].CCC(CC)(C(C)=O)C(=O)[O-].[Al+3]. The molecular weight excluding hydrogens is 263 g/mol. The number of rotatable bonds is 5. The van der Waals surface area contributed by atoms with Crippen molar-refractivity contribution in [2.45, 2.75) is 47.5 Å². The predicted octanol–water partition coefficient (Wildman–Crippen LogP) is -0.410. The minimum atomic E-state index is -1.25. The van der Waals surface area contributed by atoms with Crippen LogP contribution in [0.4, 0.5) is 0 Å². The van der Waals surface area contributed by atoms with Crippen LogP contribution in [-0.4, -0.2) is 34.9 Å². The first-order valence-corrected chi connectivity index (χ1v) is 5.72. The van der Waals surface area contributed by atoms with Crippen molar-refractivity contribution in [2.75, 3.05) is 0 Å². The number of carbonyl (C=O) groups is 3. The second kappa shape index (κ2) is 10.8. The molecule has 0 saturated heterocycles. The van der Waals surface area contributed by atoms with E-state index >= 15 is 0 Å². The fraction of sp³-hybridized carbons (Fsp3) is 0.615. The molecule has 0 saturated carbocycles. The monoisotopic (exact) mass is 283 g/mol. The van der Waals surface area contributed by atoms with Crippen molar-refractivity contribution >= 4 is 34.9 Å². The van der Waals surface area contributed by atoms with E-state index < -0.39 is 11.4 Å². The maximum absolute atomic E-state index is 10.9. The van der Waals surface area contributed by atoms with Gasteiger partial charge in [-0.2, -0.15) is 0 Å². The Balaban J connectivity index is -0.000000280. The van der Waals surface area contributed by atoms with Crippen LogP contribution in [0.25, 0.3) is 0 Å². The molecule has 0 radical (unpaired) electrons. The average Bonchev–Trinajstić information content (AvgIpc) is 2.17.